The Balaban J connectivity index is 1.72. The van der Waals surface area contributed by atoms with E-state index in [-0.39, 0.29) is 35.4 Å². The Morgan fingerprint density at radius 2 is 1.94 bits per heavy atom. The van der Waals surface area contributed by atoms with E-state index in [1.807, 2.05) is 0 Å². The number of phenols is 1. The number of phenolic OH excluding ortho intramolecular Hbond substituents is 1. The van der Waals surface area contributed by atoms with Gasteiger partial charge in [0, 0.05) is 31.5 Å². The van der Waals surface area contributed by atoms with Crippen LogP contribution in [0.2, 0.25) is 0 Å². The van der Waals surface area contributed by atoms with E-state index >= 15 is 0 Å². The van der Waals surface area contributed by atoms with Crippen molar-refractivity contribution in [3.63, 3.8) is 0 Å². The fraction of sp³-hybridized carbons (Fsp3) is 0.304. The molecule has 10 heteroatoms. The molecule has 1 saturated heterocycles. The second-order valence-electron chi connectivity index (χ2n) is 7.98. The first-order chi connectivity index (χ1) is 15.8. The van der Waals surface area contributed by atoms with Gasteiger partial charge in [0.05, 0.1) is 23.1 Å². The number of rotatable bonds is 7. The molecule has 2 N–H and O–H groups in total. The molecule has 2 aromatic rings. The number of ether oxygens (including phenoxy) is 1. The van der Waals surface area contributed by atoms with Crippen LogP contribution in [-0.4, -0.2) is 57.2 Å². The Morgan fingerprint density at radius 3 is 2.58 bits per heavy atom. The largest absolute Gasteiger partial charge is 0.508 e. The zero-order valence-corrected chi connectivity index (χ0v) is 17.7. The molecule has 2 aliphatic rings. The number of hydrogen-bond acceptors (Lipinski definition) is 7. The van der Waals surface area contributed by atoms with Crippen LogP contribution in [0, 0.1) is 10.1 Å². The summed E-state index contributed by atoms with van der Waals surface area (Å²) < 4.78 is 5.65. The first-order valence-electron chi connectivity index (χ1n) is 10.5. The van der Waals surface area contributed by atoms with Gasteiger partial charge in [0.1, 0.15) is 17.5 Å². The van der Waals surface area contributed by atoms with Crippen molar-refractivity contribution in [2.45, 2.75) is 31.4 Å². The number of hydrogen-bond donors (Lipinski definition) is 2. The van der Waals surface area contributed by atoms with Gasteiger partial charge in [0.25, 0.3) is 5.69 Å². The Hall–Kier alpha value is -3.92. The van der Waals surface area contributed by atoms with Gasteiger partial charge in [-0.25, -0.2) is 4.79 Å². The highest BCUT2D eigenvalue weighted by atomic mass is 16.6. The molecule has 1 amide bonds. The van der Waals surface area contributed by atoms with E-state index in [1.165, 1.54) is 29.2 Å². The summed E-state index contributed by atoms with van der Waals surface area (Å²) in [5.74, 6) is -1.44. The number of carboxylic acid groups (broad SMARTS) is 1. The first-order valence-corrected chi connectivity index (χ1v) is 10.5. The summed E-state index contributed by atoms with van der Waals surface area (Å²) in [5, 5.41) is 30.6. The molecule has 1 unspecified atom stereocenters. The maximum absolute atomic E-state index is 13.5. The second kappa shape index (κ2) is 9.29. The van der Waals surface area contributed by atoms with E-state index in [9.17, 15) is 29.9 Å². The average Bonchev–Trinajstić information content (AvgIpc) is 3.31. The summed E-state index contributed by atoms with van der Waals surface area (Å²) in [6.07, 6.45) is 5.12. The van der Waals surface area contributed by atoms with Gasteiger partial charge in [-0.1, -0.05) is 12.1 Å². The molecule has 0 aromatic heterocycles. The summed E-state index contributed by atoms with van der Waals surface area (Å²) in [6.45, 7) is 1.04. The van der Waals surface area contributed by atoms with Gasteiger partial charge < -0.3 is 24.7 Å². The quantitative estimate of drug-likeness (QED) is 0.483. The predicted molar refractivity (Wildman–Crippen MR) is 118 cm³/mol. The molecular formula is C23H23N3O7. The molecular weight excluding hydrogens is 430 g/mol. The van der Waals surface area contributed by atoms with Crippen molar-refractivity contribution in [1.82, 2.24) is 4.90 Å². The summed E-state index contributed by atoms with van der Waals surface area (Å²) in [5.41, 5.74) is 0.256. The standard InChI is InChI=1S/C23H23N3O7/c27-17-6-3-15(4-7-17)12-21-22(28)24(14-18-2-1-11-33-18)9-10-25(21)19-8-5-16(23(29)30)13-20(19)26(31)32/h3-10,13,18,21,27H,1-2,11-12,14H2,(H,29,30)/t18?,21-/m0/s1. The van der Waals surface area contributed by atoms with Crippen LogP contribution in [0.25, 0.3) is 0 Å². The van der Waals surface area contributed by atoms with Gasteiger partial charge in [-0.3, -0.25) is 14.9 Å². The number of aromatic hydroxyl groups is 1. The van der Waals surface area contributed by atoms with Crippen LogP contribution in [0.1, 0.15) is 28.8 Å². The minimum atomic E-state index is -1.28. The van der Waals surface area contributed by atoms with Gasteiger partial charge in [-0.15, -0.1) is 0 Å². The third kappa shape index (κ3) is 4.80. The molecule has 2 aromatic carbocycles. The van der Waals surface area contributed by atoms with Gasteiger partial charge in [0.15, 0.2) is 0 Å². The monoisotopic (exact) mass is 453 g/mol. The third-order valence-electron chi connectivity index (χ3n) is 5.80. The van der Waals surface area contributed by atoms with Crippen LogP contribution < -0.4 is 4.90 Å². The van der Waals surface area contributed by atoms with Crippen LogP contribution in [-0.2, 0) is 16.0 Å². The Morgan fingerprint density at radius 1 is 1.18 bits per heavy atom. The van der Waals surface area contributed by atoms with E-state index in [0.717, 1.165) is 24.5 Å². The van der Waals surface area contributed by atoms with Crippen molar-refractivity contribution in [2.24, 2.45) is 0 Å². The van der Waals surface area contributed by atoms with Crippen LogP contribution in [0.4, 0.5) is 11.4 Å². The van der Waals surface area contributed by atoms with Crippen molar-refractivity contribution in [1.29, 1.82) is 0 Å². The molecule has 0 bridgehead atoms. The van der Waals surface area contributed by atoms with Crippen LogP contribution in [0.3, 0.4) is 0 Å². The lowest BCUT2D eigenvalue weighted by Gasteiger charge is -2.37. The molecule has 4 rings (SSSR count). The number of carbonyl (C=O) groups excluding carboxylic acids is 1. The average molecular weight is 453 g/mol. The number of carbonyl (C=O) groups is 2. The van der Waals surface area contributed by atoms with E-state index in [1.54, 1.807) is 29.4 Å². The van der Waals surface area contributed by atoms with Crippen LogP contribution >= 0.6 is 0 Å². The van der Waals surface area contributed by atoms with Crippen molar-refractivity contribution < 1.29 is 29.5 Å². The van der Waals surface area contributed by atoms with E-state index < -0.39 is 22.6 Å². The van der Waals surface area contributed by atoms with E-state index in [0.29, 0.717) is 13.2 Å². The summed E-state index contributed by atoms with van der Waals surface area (Å²) in [6, 6.07) is 9.20. The molecule has 0 saturated carbocycles. The molecule has 10 nitrogen and oxygen atoms in total. The van der Waals surface area contributed by atoms with Gasteiger partial charge in [-0.2, -0.15) is 0 Å². The van der Waals surface area contributed by atoms with Crippen molar-refractivity contribution in [2.75, 3.05) is 18.1 Å². The normalized spacial score (nSPS) is 20.3. The lowest BCUT2D eigenvalue weighted by molar-refractivity contribution is -0.384. The Kier molecular flexibility index (Phi) is 6.27. The minimum absolute atomic E-state index is 0.0661. The number of nitrogens with zero attached hydrogens (tertiary/aromatic N) is 3. The number of nitro benzene ring substituents is 1. The maximum atomic E-state index is 13.5. The third-order valence-corrected chi connectivity index (χ3v) is 5.80. The molecule has 2 aliphatic heterocycles. The molecule has 172 valence electrons. The fourth-order valence-electron chi connectivity index (χ4n) is 4.11. The number of benzene rings is 2. The summed E-state index contributed by atoms with van der Waals surface area (Å²) in [4.78, 5) is 39.0. The molecule has 0 aliphatic carbocycles. The topological polar surface area (TPSA) is 133 Å². The Labute approximate surface area is 189 Å². The first kappa shape index (κ1) is 22.3. The smallest absolute Gasteiger partial charge is 0.335 e. The lowest BCUT2D eigenvalue weighted by atomic mass is 10.0. The van der Waals surface area contributed by atoms with Crippen molar-refractivity contribution in [3.05, 3.63) is 76.1 Å². The highest BCUT2D eigenvalue weighted by molar-refractivity contribution is 5.92. The molecule has 33 heavy (non-hydrogen) atoms. The number of anilines is 1. The molecule has 0 spiro atoms. The van der Waals surface area contributed by atoms with Crippen molar-refractivity contribution >= 4 is 23.3 Å². The zero-order chi connectivity index (χ0) is 23.5. The summed E-state index contributed by atoms with van der Waals surface area (Å²) in [7, 11) is 0. The number of aromatic carboxylic acids is 1. The lowest BCUT2D eigenvalue weighted by Crippen LogP contribution is -2.51. The number of amides is 1. The van der Waals surface area contributed by atoms with E-state index in [4.69, 9.17) is 4.74 Å². The zero-order valence-electron chi connectivity index (χ0n) is 17.7. The minimum Gasteiger partial charge on any atom is -0.508 e. The van der Waals surface area contributed by atoms with Crippen molar-refractivity contribution in [3.8, 4) is 5.75 Å². The highest BCUT2D eigenvalue weighted by Crippen LogP contribution is 2.34. The van der Waals surface area contributed by atoms with Crippen LogP contribution in [0.5, 0.6) is 5.75 Å². The summed E-state index contributed by atoms with van der Waals surface area (Å²) >= 11 is 0. The van der Waals surface area contributed by atoms with Gasteiger partial charge >= 0.3 is 5.97 Å². The number of carboxylic acids is 1. The maximum Gasteiger partial charge on any atom is 0.335 e. The fourth-order valence-corrected chi connectivity index (χ4v) is 4.11. The molecule has 2 atom stereocenters. The van der Waals surface area contributed by atoms with Gasteiger partial charge in [0.2, 0.25) is 5.91 Å². The molecule has 2 heterocycles. The van der Waals surface area contributed by atoms with Crippen LogP contribution in [0.15, 0.2) is 54.9 Å². The van der Waals surface area contributed by atoms with E-state index in [2.05, 4.69) is 0 Å². The predicted octanol–water partition coefficient (Wildman–Crippen LogP) is 2.91. The number of nitro groups is 1. The van der Waals surface area contributed by atoms with Gasteiger partial charge in [-0.05, 0) is 42.7 Å². The SMILES string of the molecule is O=C(O)c1ccc(N2C=CN(CC3CCCO3)C(=O)[C@@H]2Cc2ccc(O)cc2)c([N+](=O)[O-])c1. The second-order valence-corrected chi connectivity index (χ2v) is 7.98. The highest BCUT2D eigenvalue weighted by Gasteiger charge is 2.36. The molecule has 1 fully saturated rings. The Bertz CT molecular complexity index is 1090. The molecule has 0 radical (unpaired) electrons.